The van der Waals surface area contributed by atoms with Crippen LogP contribution in [-0.2, 0) is 13.5 Å². The molecule has 0 spiro atoms. The minimum absolute atomic E-state index is 0.0773. The van der Waals surface area contributed by atoms with E-state index in [1.807, 2.05) is 31.2 Å². The van der Waals surface area contributed by atoms with E-state index in [4.69, 9.17) is 0 Å². The van der Waals surface area contributed by atoms with Crippen LogP contribution in [0.25, 0.3) is 11.3 Å². The van der Waals surface area contributed by atoms with Crippen molar-refractivity contribution in [1.29, 1.82) is 0 Å². The number of aromatic nitrogens is 2. The highest BCUT2D eigenvalue weighted by Crippen LogP contribution is 2.26. The third-order valence-corrected chi connectivity index (χ3v) is 3.88. The lowest BCUT2D eigenvalue weighted by Gasteiger charge is -2.07. The number of hydrogen-bond acceptors (Lipinski definition) is 2. The molecule has 3 rings (SSSR count). The number of benzene rings is 2. The zero-order chi connectivity index (χ0) is 18.0. The first-order valence-electron chi connectivity index (χ1n) is 7.87. The van der Waals surface area contributed by atoms with E-state index in [2.05, 4.69) is 10.4 Å². The van der Waals surface area contributed by atoms with Crippen LogP contribution >= 0.6 is 0 Å². The summed E-state index contributed by atoms with van der Waals surface area (Å²) in [6, 6.07) is 10.7. The molecule has 2 aromatic carbocycles. The first-order chi connectivity index (χ1) is 12.0. The van der Waals surface area contributed by atoms with E-state index in [0.29, 0.717) is 5.69 Å². The van der Waals surface area contributed by atoms with Crippen molar-refractivity contribution < 1.29 is 13.6 Å². The second-order valence-corrected chi connectivity index (χ2v) is 5.69. The molecule has 0 fully saturated rings. The number of amides is 1. The standard InChI is InChI=1S/C19H17F2N3O/c1-3-12-4-7-14(8-5-12)22-19(25)16-11-24(2)23-18(16)15-9-6-13(20)10-17(15)21/h4-11H,3H2,1-2H3,(H,22,25). The van der Waals surface area contributed by atoms with Crippen LogP contribution < -0.4 is 5.32 Å². The highest BCUT2D eigenvalue weighted by atomic mass is 19.1. The number of carbonyl (C=O) groups excluding carboxylic acids is 1. The van der Waals surface area contributed by atoms with Crippen molar-refractivity contribution >= 4 is 11.6 Å². The van der Waals surface area contributed by atoms with Crippen molar-refractivity contribution in [3.05, 3.63) is 71.4 Å². The summed E-state index contributed by atoms with van der Waals surface area (Å²) in [6.07, 6.45) is 2.42. The topological polar surface area (TPSA) is 46.9 Å². The fraction of sp³-hybridized carbons (Fsp3) is 0.158. The zero-order valence-electron chi connectivity index (χ0n) is 13.9. The van der Waals surface area contributed by atoms with Gasteiger partial charge in [-0.15, -0.1) is 0 Å². The van der Waals surface area contributed by atoms with E-state index in [-0.39, 0.29) is 16.8 Å². The molecule has 1 heterocycles. The molecule has 1 aromatic heterocycles. The molecule has 4 nitrogen and oxygen atoms in total. The van der Waals surface area contributed by atoms with Gasteiger partial charge in [-0.05, 0) is 36.2 Å². The Labute approximate surface area is 144 Å². The number of carbonyl (C=O) groups is 1. The Balaban J connectivity index is 1.92. The van der Waals surface area contributed by atoms with Crippen LogP contribution in [-0.4, -0.2) is 15.7 Å². The second kappa shape index (κ2) is 6.84. The van der Waals surface area contributed by atoms with Gasteiger partial charge in [0.05, 0.1) is 5.56 Å². The van der Waals surface area contributed by atoms with Gasteiger partial charge in [0.15, 0.2) is 0 Å². The summed E-state index contributed by atoms with van der Waals surface area (Å²) in [7, 11) is 1.64. The Morgan fingerprint density at radius 3 is 2.52 bits per heavy atom. The van der Waals surface area contributed by atoms with Gasteiger partial charge in [-0.3, -0.25) is 9.48 Å². The van der Waals surface area contributed by atoms with E-state index < -0.39 is 17.5 Å². The maximum Gasteiger partial charge on any atom is 0.259 e. The Morgan fingerprint density at radius 2 is 1.88 bits per heavy atom. The van der Waals surface area contributed by atoms with Gasteiger partial charge in [0, 0.05) is 30.6 Å². The third-order valence-electron chi connectivity index (χ3n) is 3.88. The maximum absolute atomic E-state index is 14.1. The molecule has 0 aliphatic carbocycles. The first kappa shape index (κ1) is 16.8. The van der Waals surface area contributed by atoms with Gasteiger partial charge < -0.3 is 5.32 Å². The third kappa shape index (κ3) is 3.57. The predicted molar refractivity (Wildman–Crippen MR) is 92.3 cm³/mol. The number of hydrogen-bond donors (Lipinski definition) is 1. The number of anilines is 1. The van der Waals surface area contributed by atoms with Crippen LogP contribution in [0.4, 0.5) is 14.5 Å². The fourth-order valence-corrected chi connectivity index (χ4v) is 2.56. The van der Waals surface area contributed by atoms with Gasteiger partial charge in [0.1, 0.15) is 17.3 Å². The quantitative estimate of drug-likeness (QED) is 0.774. The summed E-state index contributed by atoms with van der Waals surface area (Å²) in [6.45, 7) is 2.05. The molecule has 0 unspecified atom stereocenters. The molecule has 25 heavy (non-hydrogen) atoms. The van der Waals surface area contributed by atoms with E-state index in [1.165, 1.54) is 16.9 Å². The van der Waals surface area contributed by atoms with Crippen molar-refractivity contribution in [2.75, 3.05) is 5.32 Å². The molecule has 6 heteroatoms. The average Bonchev–Trinajstić information content (AvgIpc) is 2.97. The summed E-state index contributed by atoms with van der Waals surface area (Å²) >= 11 is 0. The average molecular weight is 341 g/mol. The molecule has 0 aliphatic heterocycles. The highest BCUT2D eigenvalue weighted by molar-refractivity contribution is 6.08. The largest absolute Gasteiger partial charge is 0.322 e. The predicted octanol–water partition coefficient (Wildman–Crippen LogP) is 4.18. The van der Waals surface area contributed by atoms with Crippen LogP contribution in [0.5, 0.6) is 0 Å². The number of rotatable bonds is 4. The molecule has 1 amide bonds. The smallest absolute Gasteiger partial charge is 0.259 e. The van der Waals surface area contributed by atoms with Crippen molar-refractivity contribution in [2.24, 2.45) is 7.05 Å². The normalized spacial score (nSPS) is 10.7. The summed E-state index contributed by atoms with van der Waals surface area (Å²) in [5, 5.41) is 6.93. The van der Waals surface area contributed by atoms with E-state index in [1.54, 1.807) is 7.05 Å². The van der Waals surface area contributed by atoms with E-state index in [0.717, 1.165) is 24.1 Å². The summed E-state index contributed by atoms with van der Waals surface area (Å²) < 4.78 is 28.6. The van der Waals surface area contributed by atoms with Crippen LogP contribution in [0, 0.1) is 11.6 Å². The first-order valence-corrected chi connectivity index (χ1v) is 7.87. The van der Waals surface area contributed by atoms with Gasteiger partial charge in [-0.25, -0.2) is 8.78 Å². The van der Waals surface area contributed by atoms with Crippen LogP contribution in [0.3, 0.4) is 0 Å². The molecule has 0 saturated carbocycles. The van der Waals surface area contributed by atoms with Crippen molar-refractivity contribution in [1.82, 2.24) is 9.78 Å². The molecule has 0 bridgehead atoms. The van der Waals surface area contributed by atoms with Crippen molar-refractivity contribution in [3.63, 3.8) is 0 Å². The molecular formula is C19H17F2N3O. The molecule has 1 N–H and O–H groups in total. The lowest BCUT2D eigenvalue weighted by molar-refractivity contribution is 0.102. The van der Waals surface area contributed by atoms with Crippen LogP contribution in [0.2, 0.25) is 0 Å². The second-order valence-electron chi connectivity index (χ2n) is 5.69. The molecule has 0 aliphatic rings. The molecule has 128 valence electrons. The Hall–Kier alpha value is -3.02. The molecule has 0 radical (unpaired) electrons. The molecular weight excluding hydrogens is 324 g/mol. The van der Waals surface area contributed by atoms with Gasteiger partial charge in [-0.1, -0.05) is 19.1 Å². The van der Waals surface area contributed by atoms with Crippen LogP contribution in [0.15, 0.2) is 48.7 Å². The minimum Gasteiger partial charge on any atom is -0.322 e. The van der Waals surface area contributed by atoms with Crippen molar-refractivity contribution in [2.45, 2.75) is 13.3 Å². The van der Waals surface area contributed by atoms with E-state index >= 15 is 0 Å². The van der Waals surface area contributed by atoms with Gasteiger partial charge in [-0.2, -0.15) is 5.10 Å². The maximum atomic E-state index is 14.1. The highest BCUT2D eigenvalue weighted by Gasteiger charge is 2.20. The summed E-state index contributed by atoms with van der Waals surface area (Å²) in [5.74, 6) is -1.85. The van der Waals surface area contributed by atoms with Gasteiger partial charge in [0.25, 0.3) is 5.91 Å². The monoisotopic (exact) mass is 341 g/mol. The SMILES string of the molecule is CCc1ccc(NC(=O)c2cn(C)nc2-c2ccc(F)cc2F)cc1. The lowest BCUT2D eigenvalue weighted by atomic mass is 10.1. The fourth-order valence-electron chi connectivity index (χ4n) is 2.56. The van der Waals surface area contributed by atoms with Crippen molar-refractivity contribution in [3.8, 4) is 11.3 Å². The zero-order valence-corrected chi connectivity index (χ0v) is 13.9. The number of aryl methyl sites for hydroxylation is 2. The van der Waals surface area contributed by atoms with E-state index in [9.17, 15) is 13.6 Å². The molecule has 0 saturated heterocycles. The number of nitrogens with zero attached hydrogens (tertiary/aromatic N) is 2. The molecule has 3 aromatic rings. The number of halogens is 2. The van der Waals surface area contributed by atoms with Gasteiger partial charge in [0.2, 0.25) is 0 Å². The Morgan fingerprint density at radius 1 is 1.16 bits per heavy atom. The number of nitrogens with one attached hydrogen (secondary N) is 1. The Kier molecular flexibility index (Phi) is 4.61. The molecule has 0 atom stereocenters. The Bertz CT molecular complexity index is 917. The lowest BCUT2D eigenvalue weighted by Crippen LogP contribution is -2.12. The van der Waals surface area contributed by atoms with Gasteiger partial charge >= 0.3 is 0 Å². The van der Waals surface area contributed by atoms with Crippen LogP contribution in [0.1, 0.15) is 22.8 Å². The summed E-state index contributed by atoms with van der Waals surface area (Å²) in [4.78, 5) is 12.6. The minimum atomic E-state index is -0.764. The summed E-state index contributed by atoms with van der Waals surface area (Å²) in [5.41, 5.74) is 2.26.